The van der Waals surface area contributed by atoms with Crippen LogP contribution in [-0.2, 0) is 4.74 Å². The van der Waals surface area contributed by atoms with Gasteiger partial charge < -0.3 is 14.6 Å². The van der Waals surface area contributed by atoms with E-state index in [1.54, 1.807) is 13.2 Å². The van der Waals surface area contributed by atoms with Gasteiger partial charge in [0.25, 0.3) is 0 Å². The Bertz CT molecular complexity index is 379. The van der Waals surface area contributed by atoms with Crippen LogP contribution in [0.2, 0.25) is 5.02 Å². The Morgan fingerprint density at radius 2 is 2.06 bits per heavy atom. The third-order valence-electron chi connectivity index (χ3n) is 2.18. The first-order valence-electron chi connectivity index (χ1n) is 5.29. The molecule has 1 N–H and O–H groups in total. The molecule has 0 amide bonds. The highest BCUT2D eigenvalue weighted by atomic mass is 35.5. The number of unbranched alkanes of at least 4 members (excludes halogenated alkanes) is 1. The van der Waals surface area contributed by atoms with Gasteiger partial charge in [-0.1, -0.05) is 11.6 Å². The maximum absolute atomic E-state index is 10.7. The van der Waals surface area contributed by atoms with Crippen LogP contribution < -0.4 is 4.74 Å². The summed E-state index contributed by atoms with van der Waals surface area (Å²) < 4.78 is 10.4. The Morgan fingerprint density at radius 3 is 2.65 bits per heavy atom. The zero-order chi connectivity index (χ0) is 12.7. The lowest BCUT2D eigenvalue weighted by molar-refractivity contribution is 0.0697. The van der Waals surface area contributed by atoms with Gasteiger partial charge in [-0.05, 0) is 31.0 Å². The van der Waals surface area contributed by atoms with E-state index in [2.05, 4.69) is 0 Å². The zero-order valence-corrected chi connectivity index (χ0v) is 10.4. The maximum atomic E-state index is 10.7. The number of carboxylic acid groups (broad SMARTS) is 1. The third kappa shape index (κ3) is 4.63. The van der Waals surface area contributed by atoms with E-state index >= 15 is 0 Å². The molecule has 0 spiro atoms. The number of hydrogen-bond donors (Lipinski definition) is 1. The molecule has 1 rings (SSSR count). The molecule has 0 saturated carbocycles. The molecule has 0 aliphatic carbocycles. The van der Waals surface area contributed by atoms with E-state index in [-0.39, 0.29) is 5.56 Å². The molecule has 0 aliphatic rings. The maximum Gasteiger partial charge on any atom is 0.335 e. The van der Waals surface area contributed by atoms with Gasteiger partial charge in [0.05, 0.1) is 17.2 Å². The number of aromatic carboxylic acids is 1. The van der Waals surface area contributed by atoms with Crippen molar-refractivity contribution in [1.82, 2.24) is 0 Å². The van der Waals surface area contributed by atoms with Crippen LogP contribution in [0.1, 0.15) is 23.2 Å². The van der Waals surface area contributed by atoms with Gasteiger partial charge in [0.2, 0.25) is 0 Å². The number of hydrogen-bond acceptors (Lipinski definition) is 3. The van der Waals surface area contributed by atoms with Crippen LogP contribution in [0.25, 0.3) is 0 Å². The highest BCUT2D eigenvalue weighted by Crippen LogP contribution is 2.25. The van der Waals surface area contributed by atoms with Crippen LogP contribution in [0.5, 0.6) is 5.75 Å². The van der Waals surface area contributed by atoms with Gasteiger partial charge in [-0.3, -0.25) is 0 Å². The molecular formula is C12H15ClO4. The van der Waals surface area contributed by atoms with E-state index in [0.717, 1.165) is 12.8 Å². The molecule has 1 aromatic carbocycles. The minimum atomic E-state index is -1.00. The summed E-state index contributed by atoms with van der Waals surface area (Å²) in [6.07, 6.45) is 1.78. The van der Waals surface area contributed by atoms with Crippen molar-refractivity contribution < 1.29 is 19.4 Å². The quantitative estimate of drug-likeness (QED) is 0.764. The van der Waals surface area contributed by atoms with Crippen LogP contribution in [0.4, 0.5) is 0 Å². The Morgan fingerprint density at radius 1 is 1.35 bits per heavy atom. The van der Waals surface area contributed by atoms with Gasteiger partial charge in [-0.25, -0.2) is 4.79 Å². The van der Waals surface area contributed by atoms with E-state index in [9.17, 15) is 4.79 Å². The monoisotopic (exact) mass is 258 g/mol. The summed E-state index contributed by atoms with van der Waals surface area (Å²) in [5, 5.41) is 9.08. The zero-order valence-electron chi connectivity index (χ0n) is 9.61. The molecule has 0 heterocycles. The van der Waals surface area contributed by atoms with Gasteiger partial charge in [-0.15, -0.1) is 0 Å². The van der Waals surface area contributed by atoms with Crippen molar-refractivity contribution in [3.05, 3.63) is 28.8 Å². The molecule has 0 saturated heterocycles. The summed E-state index contributed by atoms with van der Waals surface area (Å²) >= 11 is 5.90. The fraction of sp³-hybridized carbons (Fsp3) is 0.417. The number of carboxylic acids is 1. The van der Waals surface area contributed by atoms with E-state index < -0.39 is 5.97 Å². The summed E-state index contributed by atoms with van der Waals surface area (Å²) in [6, 6.07) is 4.43. The molecule has 1 aromatic rings. The Balaban J connectivity index is 2.46. The van der Waals surface area contributed by atoms with Gasteiger partial charge in [0, 0.05) is 13.7 Å². The molecule has 0 atom stereocenters. The average molecular weight is 259 g/mol. The Kier molecular flexibility index (Phi) is 5.80. The normalized spacial score (nSPS) is 10.2. The first-order chi connectivity index (χ1) is 8.15. The SMILES string of the molecule is COCCCCOc1ccc(C(=O)O)cc1Cl. The number of halogens is 1. The first kappa shape index (κ1) is 13.8. The molecule has 5 heteroatoms. The van der Waals surface area contributed by atoms with Crippen molar-refractivity contribution in [2.75, 3.05) is 20.3 Å². The summed E-state index contributed by atoms with van der Waals surface area (Å²) in [4.78, 5) is 10.7. The summed E-state index contributed by atoms with van der Waals surface area (Å²) in [5.41, 5.74) is 0.154. The second-order valence-electron chi connectivity index (χ2n) is 3.50. The van der Waals surface area contributed by atoms with Crippen molar-refractivity contribution >= 4 is 17.6 Å². The van der Waals surface area contributed by atoms with Gasteiger partial charge in [0.15, 0.2) is 0 Å². The topological polar surface area (TPSA) is 55.8 Å². The van der Waals surface area contributed by atoms with Crippen LogP contribution in [0.3, 0.4) is 0 Å². The lowest BCUT2D eigenvalue weighted by Crippen LogP contribution is -2.01. The number of rotatable bonds is 7. The summed E-state index contributed by atoms with van der Waals surface area (Å²) in [5.74, 6) is -0.493. The van der Waals surface area contributed by atoms with Crippen molar-refractivity contribution in [2.24, 2.45) is 0 Å². The van der Waals surface area contributed by atoms with Crippen LogP contribution in [-0.4, -0.2) is 31.4 Å². The fourth-order valence-corrected chi connectivity index (χ4v) is 1.52. The highest BCUT2D eigenvalue weighted by molar-refractivity contribution is 6.32. The molecule has 0 aliphatic heterocycles. The van der Waals surface area contributed by atoms with E-state index in [1.165, 1.54) is 12.1 Å². The standard InChI is InChI=1S/C12H15ClO4/c1-16-6-2-3-7-17-11-5-4-9(12(14)15)8-10(11)13/h4-5,8H,2-3,6-7H2,1H3,(H,14,15). The Labute approximate surface area is 105 Å². The number of methoxy groups -OCH3 is 1. The number of ether oxygens (including phenoxy) is 2. The van der Waals surface area contributed by atoms with Gasteiger partial charge in [-0.2, -0.15) is 0 Å². The molecule has 0 bridgehead atoms. The lowest BCUT2D eigenvalue weighted by Gasteiger charge is -2.08. The third-order valence-corrected chi connectivity index (χ3v) is 2.47. The smallest absolute Gasteiger partial charge is 0.335 e. The number of benzene rings is 1. The highest BCUT2D eigenvalue weighted by Gasteiger charge is 2.07. The predicted octanol–water partition coefficient (Wildman–Crippen LogP) is 2.84. The summed E-state index contributed by atoms with van der Waals surface area (Å²) in [6.45, 7) is 1.24. The summed E-state index contributed by atoms with van der Waals surface area (Å²) in [7, 11) is 1.66. The minimum Gasteiger partial charge on any atom is -0.492 e. The molecule has 17 heavy (non-hydrogen) atoms. The van der Waals surface area contributed by atoms with Crippen LogP contribution in [0, 0.1) is 0 Å². The Hall–Kier alpha value is -1.26. The molecular weight excluding hydrogens is 244 g/mol. The largest absolute Gasteiger partial charge is 0.492 e. The molecule has 94 valence electrons. The molecule has 0 unspecified atom stereocenters. The van der Waals surface area contributed by atoms with Crippen LogP contribution >= 0.6 is 11.6 Å². The van der Waals surface area contributed by atoms with E-state index in [0.29, 0.717) is 24.0 Å². The van der Waals surface area contributed by atoms with E-state index in [4.69, 9.17) is 26.2 Å². The fourth-order valence-electron chi connectivity index (χ4n) is 1.28. The lowest BCUT2D eigenvalue weighted by atomic mass is 10.2. The van der Waals surface area contributed by atoms with Gasteiger partial charge >= 0.3 is 5.97 Å². The first-order valence-corrected chi connectivity index (χ1v) is 5.67. The van der Waals surface area contributed by atoms with Crippen LogP contribution in [0.15, 0.2) is 18.2 Å². The average Bonchev–Trinajstić information content (AvgIpc) is 2.30. The van der Waals surface area contributed by atoms with Crippen molar-refractivity contribution in [1.29, 1.82) is 0 Å². The minimum absolute atomic E-state index is 0.154. The van der Waals surface area contributed by atoms with Crippen molar-refractivity contribution in [3.8, 4) is 5.75 Å². The molecule has 0 radical (unpaired) electrons. The second kappa shape index (κ2) is 7.14. The second-order valence-corrected chi connectivity index (χ2v) is 3.91. The number of carbonyl (C=O) groups is 1. The predicted molar refractivity (Wildman–Crippen MR) is 65.0 cm³/mol. The van der Waals surface area contributed by atoms with Crippen molar-refractivity contribution in [2.45, 2.75) is 12.8 Å². The molecule has 4 nitrogen and oxygen atoms in total. The molecule has 0 aromatic heterocycles. The van der Waals surface area contributed by atoms with E-state index in [1.807, 2.05) is 0 Å². The molecule has 0 fully saturated rings. The van der Waals surface area contributed by atoms with Gasteiger partial charge in [0.1, 0.15) is 5.75 Å². The van der Waals surface area contributed by atoms with Crippen molar-refractivity contribution in [3.63, 3.8) is 0 Å².